The van der Waals surface area contributed by atoms with Crippen LogP contribution in [-0.2, 0) is 0 Å². The van der Waals surface area contributed by atoms with Gasteiger partial charge < -0.3 is 28.4 Å². The van der Waals surface area contributed by atoms with E-state index in [0.29, 0.717) is 39.9 Å². The highest BCUT2D eigenvalue weighted by Gasteiger charge is 2.28. The van der Waals surface area contributed by atoms with E-state index < -0.39 is 5.97 Å². The fourth-order valence-electron chi connectivity index (χ4n) is 3.43. The third-order valence-electron chi connectivity index (χ3n) is 5.18. The molecule has 34 heavy (non-hydrogen) atoms. The van der Waals surface area contributed by atoms with E-state index >= 15 is 0 Å². The van der Waals surface area contributed by atoms with Gasteiger partial charge in [0.15, 0.2) is 28.8 Å². The Morgan fingerprint density at radius 2 is 1.47 bits per heavy atom. The first kappa shape index (κ1) is 22.7. The molecule has 0 atom stereocenters. The summed E-state index contributed by atoms with van der Waals surface area (Å²) in [5.74, 6) is 1.80. The molecule has 0 radical (unpaired) electrons. The lowest BCUT2D eigenvalue weighted by Gasteiger charge is -2.12. The molecule has 0 saturated heterocycles. The molecule has 0 unspecified atom stereocenters. The molecule has 0 aromatic heterocycles. The average molecular weight is 462 g/mol. The maximum Gasteiger partial charge on any atom is 0.343 e. The van der Waals surface area contributed by atoms with Crippen LogP contribution in [0.5, 0.6) is 34.5 Å². The molecule has 0 saturated carbocycles. The number of benzene rings is 3. The van der Waals surface area contributed by atoms with Gasteiger partial charge in [-0.1, -0.05) is 6.07 Å². The maximum absolute atomic E-state index is 12.7. The molecule has 0 amide bonds. The van der Waals surface area contributed by atoms with Crippen LogP contribution in [0.2, 0.25) is 0 Å². The Morgan fingerprint density at radius 3 is 2.18 bits per heavy atom. The van der Waals surface area contributed by atoms with Gasteiger partial charge in [-0.25, -0.2) is 4.79 Å². The highest BCUT2D eigenvalue weighted by molar-refractivity contribution is 6.14. The zero-order valence-electron chi connectivity index (χ0n) is 19.0. The zero-order chi connectivity index (χ0) is 24.2. The zero-order valence-corrected chi connectivity index (χ0v) is 19.0. The van der Waals surface area contributed by atoms with Gasteiger partial charge >= 0.3 is 5.97 Å². The Hall–Kier alpha value is -4.46. The molecule has 1 aliphatic rings. The fourth-order valence-corrected chi connectivity index (χ4v) is 3.43. The summed E-state index contributed by atoms with van der Waals surface area (Å²) < 4.78 is 32.2. The molecule has 1 heterocycles. The molecule has 4 rings (SSSR count). The van der Waals surface area contributed by atoms with E-state index in [1.54, 1.807) is 61.7 Å². The minimum atomic E-state index is -0.593. The summed E-state index contributed by atoms with van der Waals surface area (Å²) in [6, 6.07) is 14.7. The number of allylic oxidation sites excluding steroid dienone is 1. The second-order valence-corrected chi connectivity index (χ2v) is 7.17. The Morgan fingerprint density at radius 1 is 0.765 bits per heavy atom. The van der Waals surface area contributed by atoms with Crippen molar-refractivity contribution in [2.45, 2.75) is 0 Å². The minimum absolute atomic E-state index is 0.167. The normalized spacial score (nSPS) is 13.2. The molecule has 3 aromatic carbocycles. The molecule has 0 spiro atoms. The maximum atomic E-state index is 12.7. The van der Waals surface area contributed by atoms with Crippen molar-refractivity contribution in [3.05, 3.63) is 77.0 Å². The van der Waals surface area contributed by atoms with Gasteiger partial charge in [-0.05, 0) is 54.1 Å². The van der Waals surface area contributed by atoms with Crippen LogP contribution in [0, 0.1) is 0 Å². The van der Waals surface area contributed by atoms with Gasteiger partial charge in [-0.2, -0.15) is 0 Å². The number of methoxy groups -OCH3 is 4. The van der Waals surface area contributed by atoms with Gasteiger partial charge in [0, 0.05) is 6.07 Å². The minimum Gasteiger partial charge on any atom is -0.497 e. The summed E-state index contributed by atoms with van der Waals surface area (Å²) in [7, 11) is 5.99. The third kappa shape index (κ3) is 4.38. The number of ether oxygens (including phenoxy) is 6. The van der Waals surface area contributed by atoms with Gasteiger partial charge in [0.25, 0.3) is 0 Å². The van der Waals surface area contributed by atoms with Gasteiger partial charge in [-0.15, -0.1) is 0 Å². The average Bonchev–Trinajstić information content (AvgIpc) is 3.18. The molecule has 0 bridgehead atoms. The second kappa shape index (κ2) is 9.58. The number of hydrogen-bond acceptors (Lipinski definition) is 8. The standard InChI is InChI=1S/C26H22O8/c1-29-17-7-8-18-21(14-17)33-24(25(18)27)12-15-5-9-20(22(11-15)31-3)34-26(28)16-6-10-19(30-2)23(13-16)32-4/h5-14H,1-4H3/b24-12-. The lowest BCUT2D eigenvalue weighted by Crippen LogP contribution is -2.09. The van der Waals surface area contributed by atoms with Crippen LogP contribution in [0.25, 0.3) is 6.08 Å². The highest BCUT2D eigenvalue weighted by Crippen LogP contribution is 2.36. The van der Waals surface area contributed by atoms with Crippen molar-refractivity contribution >= 4 is 17.8 Å². The fraction of sp³-hybridized carbons (Fsp3) is 0.154. The van der Waals surface area contributed by atoms with Crippen LogP contribution in [0.3, 0.4) is 0 Å². The largest absolute Gasteiger partial charge is 0.497 e. The predicted molar refractivity (Wildman–Crippen MR) is 123 cm³/mol. The van der Waals surface area contributed by atoms with E-state index in [2.05, 4.69) is 0 Å². The van der Waals surface area contributed by atoms with Gasteiger partial charge in [-0.3, -0.25) is 4.79 Å². The van der Waals surface area contributed by atoms with Crippen molar-refractivity contribution in [3.8, 4) is 34.5 Å². The highest BCUT2D eigenvalue weighted by atomic mass is 16.6. The van der Waals surface area contributed by atoms with E-state index in [-0.39, 0.29) is 22.9 Å². The van der Waals surface area contributed by atoms with E-state index in [1.807, 2.05) is 0 Å². The molecule has 8 nitrogen and oxygen atoms in total. The monoisotopic (exact) mass is 462 g/mol. The number of Topliss-reactive ketones (excluding diaryl/α,β-unsaturated/α-hetero) is 1. The summed E-state index contributed by atoms with van der Waals surface area (Å²) in [5.41, 5.74) is 1.37. The number of rotatable bonds is 7. The Balaban J connectivity index is 1.55. The Labute approximate surface area is 196 Å². The summed E-state index contributed by atoms with van der Waals surface area (Å²) in [5, 5.41) is 0. The van der Waals surface area contributed by atoms with Crippen LogP contribution < -0.4 is 28.4 Å². The molecule has 0 N–H and O–H groups in total. The first-order valence-electron chi connectivity index (χ1n) is 10.2. The van der Waals surface area contributed by atoms with Crippen LogP contribution in [0.15, 0.2) is 60.4 Å². The van der Waals surface area contributed by atoms with E-state index in [0.717, 1.165) is 0 Å². The molecule has 1 aliphatic heterocycles. The number of esters is 1. The molecule has 3 aromatic rings. The first-order chi connectivity index (χ1) is 16.5. The van der Waals surface area contributed by atoms with Crippen molar-refractivity contribution < 1.29 is 38.0 Å². The van der Waals surface area contributed by atoms with Gasteiger partial charge in [0.1, 0.15) is 11.5 Å². The molecular formula is C26H22O8. The summed E-state index contributed by atoms with van der Waals surface area (Å²) >= 11 is 0. The summed E-state index contributed by atoms with van der Waals surface area (Å²) in [4.78, 5) is 25.3. The van der Waals surface area contributed by atoms with E-state index in [9.17, 15) is 9.59 Å². The number of fused-ring (bicyclic) bond motifs is 1. The molecular weight excluding hydrogens is 440 g/mol. The van der Waals surface area contributed by atoms with Crippen molar-refractivity contribution in [1.82, 2.24) is 0 Å². The lowest BCUT2D eigenvalue weighted by atomic mass is 10.1. The quantitative estimate of drug-likeness (QED) is 0.287. The Kier molecular flexibility index (Phi) is 6.40. The smallest absolute Gasteiger partial charge is 0.343 e. The molecule has 174 valence electrons. The predicted octanol–water partition coefficient (Wildman–Crippen LogP) is 4.56. The van der Waals surface area contributed by atoms with Crippen molar-refractivity contribution in [1.29, 1.82) is 0 Å². The number of hydrogen-bond donors (Lipinski definition) is 0. The van der Waals surface area contributed by atoms with Crippen molar-refractivity contribution in [2.24, 2.45) is 0 Å². The van der Waals surface area contributed by atoms with E-state index in [4.69, 9.17) is 28.4 Å². The van der Waals surface area contributed by atoms with Crippen LogP contribution in [0.1, 0.15) is 26.3 Å². The number of ketones is 1. The summed E-state index contributed by atoms with van der Waals surface area (Å²) in [6.45, 7) is 0. The van der Waals surface area contributed by atoms with Crippen molar-refractivity contribution in [3.63, 3.8) is 0 Å². The topological polar surface area (TPSA) is 89.5 Å². The van der Waals surface area contributed by atoms with Gasteiger partial charge in [0.2, 0.25) is 5.78 Å². The molecule has 0 aliphatic carbocycles. The van der Waals surface area contributed by atoms with Crippen molar-refractivity contribution in [2.75, 3.05) is 28.4 Å². The third-order valence-corrected chi connectivity index (χ3v) is 5.18. The molecule has 0 fully saturated rings. The van der Waals surface area contributed by atoms with E-state index in [1.165, 1.54) is 27.4 Å². The number of carbonyl (C=O) groups is 2. The summed E-state index contributed by atoms with van der Waals surface area (Å²) in [6.07, 6.45) is 1.59. The number of carbonyl (C=O) groups excluding carboxylic acids is 2. The van der Waals surface area contributed by atoms with Crippen LogP contribution in [0.4, 0.5) is 0 Å². The van der Waals surface area contributed by atoms with Crippen LogP contribution >= 0.6 is 0 Å². The lowest BCUT2D eigenvalue weighted by molar-refractivity contribution is 0.0729. The first-order valence-corrected chi connectivity index (χ1v) is 10.2. The Bertz CT molecular complexity index is 1290. The second-order valence-electron chi connectivity index (χ2n) is 7.17. The van der Waals surface area contributed by atoms with Crippen LogP contribution in [-0.4, -0.2) is 40.2 Å². The van der Waals surface area contributed by atoms with Gasteiger partial charge in [0.05, 0.1) is 39.6 Å². The SMILES string of the molecule is COc1ccc2c(c1)O/C(=C\c1ccc(OC(=O)c3ccc(OC)c(OC)c3)c(OC)c1)C2=O. The molecule has 8 heteroatoms.